The van der Waals surface area contributed by atoms with Gasteiger partial charge in [-0.15, -0.1) is 6.58 Å². The number of benzene rings is 1. The van der Waals surface area contributed by atoms with E-state index in [-0.39, 0.29) is 19.4 Å². The molecule has 3 N–H and O–H groups in total. The van der Waals surface area contributed by atoms with Crippen molar-refractivity contribution < 1.29 is 37.1 Å². The van der Waals surface area contributed by atoms with Crippen LogP contribution in [0.4, 0.5) is 4.79 Å². The first kappa shape index (κ1) is 37.6. The number of sulfonamides is 1. The van der Waals surface area contributed by atoms with Gasteiger partial charge in [-0.05, 0) is 75.0 Å². The quantitative estimate of drug-likeness (QED) is 0.279. The van der Waals surface area contributed by atoms with Gasteiger partial charge in [-0.3, -0.25) is 19.1 Å². The van der Waals surface area contributed by atoms with Gasteiger partial charge in [-0.25, -0.2) is 18.2 Å². The number of hydrogen-bond donors (Lipinski definition) is 3. The van der Waals surface area contributed by atoms with Crippen molar-refractivity contribution in [1.29, 1.82) is 0 Å². The molecule has 1 saturated carbocycles. The number of nitrogens with one attached hydrogen (secondary N) is 3. The van der Waals surface area contributed by atoms with Crippen molar-refractivity contribution in [2.75, 3.05) is 6.54 Å². The van der Waals surface area contributed by atoms with Crippen molar-refractivity contribution in [3.8, 4) is 5.88 Å². The maximum Gasteiger partial charge on any atom is 0.408 e. The zero-order valence-electron chi connectivity index (χ0n) is 29.4. The zero-order chi connectivity index (χ0) is 36.3. The van der Waals surface area contributed by atoms with Crippen molar-refractivity contribution >= 4 is 44.6 Å². The average Bonchev–Trinajstić information content (AvgIpc) is 3.79. The lowest BCUT2D eigenvalue weighted by Gasteiger charge is -2.35. The van der Waals surface area contributed by atoms with E-state index >= 15 is 0 Å². The summed E-state index contributed by atoms with van der Waals surface area (Å²) in [4.78, 5) is 60.0. The number of rotatable bonds is 12. The van der Waals surface area contributed by atoms with Crippen LogP contribution in [0.2, 0.25) is 0 Å². The van der Waals surface area contributed by atoms with E-state index in [4.69, 9.17) is 9.47 Å². The maximum absolute atomic E-state index is 14.3. The van der Waals surface area contributed by atoms with Gasteiger partial charge in [0.25, 0.3) is 5.91 Å². The van der Waals surface area contributed by atoms with Crippen LogP contribution >= 0.6 is 0 Å². The van der Waals surface area contributed by atoms with Crippen LogP contribution in [0.5, 0.6) is 5.88 Å². The molecule has 1 aliphatic heterocycles. The van der Waals surface area contributed by atoms with Crippen molar-refractivity contribution in [2.45, 2.75) is 116 Å². The molecule has 4 amide bonds. The predicted molar refractivity (Wildman–Crippen MR) is 185 cm³/mol. The molecule has 1 saturated heterocycles. The Morgan fingerprint density at radius 1 is 1.08 bits per heavy atom. The van der Waals surface area contributed by atoms with Crippen molar-refractivity contribution in [1.82, 2.24) is 25.2 Å². The summed E-state index contributed by atoms with van der Waals surface area (Å²) < 4.78 is 38.9. The maximum atomic E-state index is 14.3. The minimum atomic E-state index is -3.88. The molecule has 268 valence electrons. The molecule has 2 fully saturated rings. The monoisotopic (exact) mass is 699 g/mol. The molecule has 1 aromatic heterocycles. The molecule has 0 unspecified atom stereocenters. The Balaban J connectivity index is 1.64. The number of amides is 4. The molecule has 1 aromatic carbocycles. The highest BCUT2D eigenvalue weighted by atomic mass is 32.2. The third-order valence-corrected chi connectivity index (χ3v) is 10.2. The minimum absolute atomic E-state index is 0.0288. The summed E-state index contributed by atoms with van der Waals surface area (Å²) >= 11 is 0. The molecule has 4 rings (SSSR count). The molecule has 13 nitrogen and oxygen atoms in total. The predicted octanol–water partition coefficient (Wildman–Crippen LogP) is 3.75. The molecule has 2 aromatic rings. The normalized spacial score (nSPS) is 19.4. The van der Waals surface area contributed by atoms with E-state index in [2.05, 4.69) is 39.9 Å². The lowest BCUT2D eigenvalue weighted by Crippen LogP contribution is -2.59. The summed E-state index contributed by atoms with van der Waals surface area (Å²) in [5, 5.41) is 6.39. The standard InChI is InChI=1S/C35H49N5O8S/c1-9-11-26(29(41)39-49(45,46)24-13-14-24)37-30(42)27-19-23(47-31-25-15-12-21(10-2)18-22(25)16-17-36-31)20-40(27)32(43)28(34(3,4)5)38-33(44)48-35(6,7)8/h9,12,15-18,23-24,26-28H,1,10-11,13-14,19-20H2,2-8H3,(H,37,42)(H,38,44)(H,39,41)/t23-,26-,27+,28-/m1/s1. The number of pyridine rings is 1. The van der Waals surface area contributed by atoms with E-state index in [1.54, 1.807) is 47.7 Å². The highest BCUT2D eigenvalue weighted by molar-refractivity contribution is 7.90. The topological polar surface area (TPSA) is 173 Å². The molecule has 4 atom stereocenters. The second-order valence-electron chi connectivity index (χ2n) is 14.7. The number of carbonyl (C=O) groups is 4. The van der Waals surface area contributed by atoms with Crippen LogP contribution in [0.15, 0.2) is 43.1 Å². The van der Waals surface area contributed by atoms with Crippen molar-refractivity contribution in [2.24, 2.45) is 5.41 Å². The summed E-state index contributed by atoms with van der Waals surface area (Å²) in [6.07, 6.45) is 3.31. The van der Waals surface area contributed by atoms with E-state index in [9.17, 15) is 27.6 Å². The summed E-state index contributed by atoms with van der Waals surface area (Å²) in [5.41, 5.74) is -0.473. The van der Waals surface area contributed by atoms with Gasteiger partial charge >= 0.3 is 6.09 Å². The molecule has 2 aliphatic rings. The largest absolute Gasteiger partial charge is 0.472 e. The SMILES string of the molecule is C=CC[C@@H](NC(=O)[C@@H]1C[C@@H](Oc2nccc3cc(CC)ccc23)CN1C(=O)[C@@H](NC(=O)OC(C)(C)C)C(C)(C)C)C(=O)NS(=O)(=O)C1CC1. The fourth-order valence-electron chi connectivity index (χ4n) is 5.63. The van der Waals surface area contributed by atoms with Crippen LogP contribution in [0.3, 0.4) is 0 Å². The second-order valence-corrected chi connectivity index (χ2v) is 16.7. The number of aromatic nitrogens is 1. The number of aryl methyl sites for hydroxylation is 1. The van der Waals surface area contributed by atoms with Crippen molar-refractivity contribution in [3.05, 3.63) is 48.7 Å². The highest BCUT2D eigenvalue weighted by Gasteiger charge is 2.47. The molecule has 2 heterocycles. The smallest absolute Gasteiger partial charge is 0.408 e. The Bertz CT molecular complexity index is 1690. The van der Waals surface area contributed by atoms with E-state index in [1.165, 1.54) is 11.0 Å². The first-order valence-corrected chi connectivity index (χ1v) is 18.2. The summed E-state index contributed by atoms with van der Waals surface area (Å²) in [5.74, 6) is -1.79. The number of ether oxygens (including phenoxy) is 2. The number of nitrogens with zero attached hydrogens (tertiary/aromatic N) is 2. The summed E-state index contributed by atoms with van der Waals surface area (Å²) in [6, 6.07) is 4.35. The molecule has 1 aliphatic carbocycles. The van der Waals surface area contributed by atoms with Crippen LogP contribution in [0.1, 0.15) is 79.7 Å². The molecule has 0 spiro atoms. The fourth-order valence-corrected chi connectivity index (χ4v) is 6.97. The lowest BCUT2D eigenvalue weighted by atomic mass is 9.85. The third-order valence-electron chi connectivity index (χ3n) is 8.34. The van der Waals surface area contributed by atoms with E-state index in [0.717, 1.165) is 22.8 Å². The fraction of sp³-hybridized carbons (Fsp3) is 0.571. The van der Waals surface area contributed by atoms with E-state index < -0.39 is 74.3 Å². The average molecular weight is 700 g/mol. The summed E-state index contributed by atoms with van der Waals surface area (Å²) in [6.45, 7) is 16.1. The van der Waals surface area contributed by atoms with Gasteiger partial charge in [-0.1, -0.05) is 45.9 Å². The lowest BCUT2D eigenvalue weighted by molar-refractivity contribution is -0.142. The second kappa shape index (κ2) is 14.7. The van der Waals surface area contributed by atoms with Crippen molar-refractivity contribution in [3.63, 3.8) is 0 Å². The number of fused-ring (bicyclic) bond motifs is 1. The molecular formula is C35H49N5O8S. The Hall–Kier alpha value is -4.20. The van der Waals surface area contributed by atoms with Gasteiger partial charge in [0, 0.05) is 18.0 Å². The first-order valence-electron chi connectivity index (χ1n) is 16.6. The zero-order valence-corrected chi connectivity index (χ0v) is 30.2. The van der Waals surface area contributed by atoms with Crippen LogP contribution in [-0.2, 0) is 35.6 Å². The third kappa shape index (κ3) is 9.71. The van der Waals surface area contributed by atoms with Crippen LogP contribution < -0.4 is 20.1 Å². The van der Waals surface area contributed by atoms with E-state index in [0.29, 0.717) is 18.7 Å². The minimum Gasteiger partial charge on any atom is -0.472 e. The van der Waals surface area contributed by atoms with Crippen LogP contribution in [0, 0.1) is 5.41 Å². The molecule has 0 bridgehead atoms. The van der Waals surface area contributed by atoms with Crippen LogP contribution in [0.25, 0.3) is 10.8 Å². The Morgan fingerprint density at radius 3 is 2.37 bits per heavy atom. The molecular weight excluding hydrogens is 650 g/mol. The number of carbonyl (C=O) groups excluding carboxylic acids is 4. The first-order chi connectivity index (χ1) is 22.8. The van der Waals surface area contributed by atoms with Gasteiger partial charge in [0.2, 0.25) is 27.7 Å². The number of alkyl carbamates (subject to hydrolysis) is 1. The van der Waals surface area contributed by atoms with Gasteiger partial charge in [0.1, 0.15) is 29.8 Å². The summed E-state index contributed by atoms with van der Waals surface area (Å²) in [7, 11) is -3.88. The van der Waals surface area contributed by atoms with Gasteiger partial charge in [0.05, 0.1) is 11.8 Å². The Labute approximate surface area is 288 Å². The Morgan fingerprint density at radius 2 is 1.78 bits per heavy atom. The molecule has 0 radical (unpaired) electrons. The van der Waals surface area contributed by atoms with E-state index in [1.807, 2.05) is 18.2 Å². The molecule has 49 heavy (non-hydrogen) atoms. The van der Waals surface area contributed by atoms with Crippen LogP contribution in [-0.4, -0.2) is 83.7 Å². The van der Waals surface area contributed by atoms with Gasteiger partial charge in [-0.2, -0.15) is 0 Å². The number of likely N-dealkylation sites (tertiary alicyclic amines) is 1. The highest BCUT2D eigenvalue weighted by Crippen LogP contribution is 2.31. The Kier molecular flexibility index (Phi) is 11.3. The van der Waals surface area contributed by atoms with Gasteiger partial charge in [0.15, 0.2) is 0 Å². The van der Waals surface area contributed by atoms with Gasteiger partial charge < -0.3 is 25.0 Å². The molecule has 14 heteroatoms. The number of hydrogen-bond acceptors (Lipinski definition) is 9.